The van der Waals surface area contributed by atoms with Gasteiger partial charge in [0, 0.05) is 19.0 Å². The first-order valence-corrected chi connectivity index (χ1v) is 7.77. The molecule has 2 fully saturated rings. The number of carboxylic acid groups (broad SMARTS) is 1. The molecule has 0 bridgehead atoms. The largest absolute Gasteiger partial charge is 0.481 e. The lowest BCUT2D eigenvalue weighted by molar-refractivity contribution is -0.152. The summed E-state index contributed by atoms with van der Waals surface area (Å²) in [5, 5.41) is 12.4. The van der Waals surface area contributed by atoms with Crippen LogP contribution in [-0.4, -0.2) is 47.6 Å². The van der Waals surface area contributed by atoms with Gasteiger partial charge in [0.2, 0.25) is 5.91 Å². The van der Waals surface area contributed by atoms with Gasteiger partial charge < -0.3 is 15.3 Å². The van der Waals surface area contributed by atoms with Crippen LogP contribution in [0.25, 0.3) is 0 Å². The average Bonchev–Trinajstić information content (AvgIpc) is 2.92. The van der Waals surface area contributed by atoms with Crippen molar-refractivity contribution >= 4 is 11.9 Å². The standard InChI is InChI=1S/C15H26N2O3/c1-15(14(19)20)8-3-2-6-12(15)16-13(18)7-11-17-9-4-5-10-17/h12H,2-11H2,1H3,(H,16,18)(H,19,20). The van der Waals surface area contributed by atoms with Crippen molar-refractivity contribution in [1.82, 2.24) is 10.2 Å². The predicted molar refractivity (Wildman–Crippen MR) is 76.4 cm³/mol. The van der Waals surface area contributed by atoms with Gasteiger partial charge in [-0.1, -0.05) is 12.8 Å². The molecule has 2 aliphatic rings. The van der Waals surface area contributed by atoms with Crippen LogP contribution >= 0.6 is 0 Å². The van der Waals surface area contributed by atoms with Crippen LogP contribution in [0.2, 0.25) is 0 Å². The Labute approximate surface area is 120 Å². The zero-order valence-corrected chi connectivity index (χ0v) is 12.4. The van der Waals surface area contributed by atoms with Crippen LogP contribution in [0.4, 0.5) is 0 Å². The zero-order chi connectivity index (χ0) is 14.6. The lowest BCUT2D eigenvalue weighted by atomic mass is 9.71. The number of likely N-dealkylation sites (tertiary alicyclic amines) is 1. The molecule has 20 heavy (non-hydrogen) atoms. The Morgan fingerprint density at radius 2 is 1.95 bits per heavy atom. The first kappa shape index (κ1) is 15.3. The van der Waals surface area contributed by atoms with Gasteiger partial charge >= 0.3 is 5.97 Å². The van der Waals surface area contributed by atoms with Gasteiger partial charge in [-0.15, -0.1) is 0 Å². The number of carbonyl (C=O) groups is 2. The summed E-state index contributed by atoms with van der Waals surface area (Å²) in [7, 11) is 0. The van der Waals surface area contributed by atoms with Crippen LogP contribution in [0.3, 0.4) is 0 Å². The molecular formula is C15H26N2O3. The minimum atomic E-state index is -0.804. The first-order valence-electron chi connectivity index (χ1n) is 7.77. The van der Waals surface area contributed by atoms with Crippen molar-refractivity contribution in [2.75, 3.05) is 19.6 Å². The highest BCUT2D eigenvalue weighted by Gasteiger charge is 2.43. The van der Waals surface area contributed by atoms with E-state index in [9.17, 15) is 14.7 Å². The topological polar surface area (TPSA) is 69.6 Å². The molecule has 1 aliphatic carbocycles. The molecule has 1 saturated heterocycles. The SMILES string of the molecule is CC1(C(=O)O)CCCCC1NC(=O)CCN1CCCC1. The first-order chi connectivity index (χ1) is 9.52. The van der Waals surface area contributed by atoms with E-state index in [1.165, 1.54) is 12.8 Å². The number of nitrogens with one attached hydrogen (secondary N) is 1. The molecule has 2 unspecified atom stereocenters. The molecule has 0 spiro atoms. The Hall–Kier alpha value is -1.10. The van der Waals surface area contributed by atoms with E-state index < -0.39 is 11.4 Å². The molecule has 5 heteroatoms. The minimum Gasteiger partial charge on any atom is -0.481 e. The highest BCUT2D eigenvalue weighted by molar-refractivity contribution is 5.80. The second-order valence-electron chi connectivity index (χ2n) is 6.39. The molecule has 0 radical (unpaired) electrons. The van der Waals surface area contributed by atoms with Crippen molar-refractivity contribution in [1.29, 1.82) is 0 Å². The van der Waals surface area contributed by atoms with E-state index in [1.807, 2.05) is 0 Å². The van der Waals surface area contributed by atoms with Crippen LogP contribution in [0.15, 0.2) is 0 Å². The van der Waals surface area contributed by atoms with Gasteiger partial charge in [0.25, 0.3) is 0 Å². The van der Waals surface area contributed by atoms with Gasteiger partial charge in [0.1, 0.15) is 0 Å². The summed E-state index contributed by atoms with van der Waals surface area (Å²) >= 11 is 0. The maximum atomic E-state index is 12.0. The number of carboxylic acids is 1. The Bertz CT molecular complexity index is 366. The monoisotopic (exact) mass is 282 g/mol. The summed E-state index contributed by atoms with van der Waals surface area (Å²) < 4.78 is 0. The predicted octanol–water partition coefficient (Wildman–Crippen LogP) is 1.62. The Morgan fingerprint density at radius 3 is 2.60 bits per heavy atom. The van der Waals surface area contributed by atoms with Crippen LogP contribution in [-0.2, 0) is 9.59 Å². The van der Waals surface area contributed by atoms with Crippen molar-refractivity contribution < 1.29 is 14.7 Å². The molecule has 0 aromatic heterocycles. The summed E-state index contributed by atoms with van der Waals surface area (Å²) in [6.45, 7) is 4.73. The number of nitrogens with zero attached hydrogens (tertiary/aromatic N) is 1. The quantitative estimate of drug-likeness (QED) is 0.804. The smallest absolute Gasteiger partial charge is 0.311 e. The van der Waals surface area contributed by atoms with Gasteiger partial charge in [0.05, 0.1) is 5.41 Å². The van der Waals surface area contributed by atoms with E-state index in [0.717, 1.165) is 38.9 Å². The van der Waals surface area contributed by atoms with Crippen LogP contribution in [0.5, 0.6) is 0 Å². The van der Waals surface area contributed by atoms with Crippen molar-refractivity contribution in [3.05, 3.63) is 0 Å². The number of rotatable bonds is 5. The third kappa shape index (κ3) is 3.51. The van der Waals surface area contributed by atoms with Crippen LogP contribution in [0, 0.1) is 5.41 Å². The lowest BCUT2D eigenvalue weighted by Gasteiger charge is -2.38. The number of aliphatic carboxylic acids is 1. The summed E-state index contributed by atoms with van der Waals surface area (Å²) in [6.07, 6.45) is 6.29. The number of hydrogen-bond donors (Lipinski definition) is 2. The minimum absolute atomic E-state index is 0.00345. The Kier molecular flexibility index (Phi) is 5.02. The molecule has 5 nitrogen and oxygen atoms in total. The van der Waals surface area contributed by atoms with Crippen molar-refractivity contribution in [2.24, 2.45) is 5.41 Å². The fourth-order valence-electron chi connectivity index (χ4n) is 3.35. The van der Waals surface area contributed by atoms with Crippen LogP contribution < -0.4 is 5.32 Å². The highest BCUT2D eigenvalue weighted by Crippen LogP contribution is 2.36. The molecule has 0 aromatic carbocycles. The summed E-state index contributed by atoms with van der Waals surface area (Å²) in [5.74, 6) is -0.793. The van der Waals surface area contributed by atoms with E-state index in [-0.39, 0.29) is 11.9 Å². The van der Waals surface area contributed by atoms with Crippen LogP contribution in [0.1, 0.15) is 51.9 Å². The van der Waals surface area contributed by atoms with Gasteiger partial charge in [-0.3, -0.25) is 9.59 Å². The molecule has 0 aromatic rings. The van der Waals surface area contributed by atoms with Gasteiger partial charge in [-0.2, -0.15) is 0 Å². The lowest BCUT2D eigenvalue weighted by Crippen LogP contribution is -2.52. The van der Waals surface area contributed by atoms with Crippen molar-refractivity contribution in [2.45, 2.75) is 57.9 Å². The summed E-state index contributed by atoms with van der Waals surface area (Å²) in [6, 6.07) is -0.222. The number of carbonyl (C=O) groups excluding carboxylic acids is 1. The average molecular weight is 282 g/mol. The van der Waals surface area contributed by atoms with E-state index in [1.54, 1.807) is 6.92 Å². The molecule has 2 atom stereocenters. The van der Waals surface area contributed by atoms with Gasteiger partial charge in [0.15, 0.2) is 0 Å². The normalized spacial score (nSPS) is 31.1. The molecule has 1 amide bonds. The fraction of sp³-hybridized carbons (Fsp3) is 0.867. The molecule has 2 rings (SSSR count). The third-order valence-corrected chi connectivity index (χ3v) is 4.89. The van der Waals surface area contributed by atoms with Gasteiger partial charge in [-0.25, -0.2) is 0 Å². The van der Waals surface area contributed by atoms with E-state index in [0.29, 0.717) is 12.8 Å². The van der Waals surface area contributed by atoms with E-state index >= 15 is 0 Å². The molecular weight excluding hydrogens is 256 g/mol. The van der Waals surface area contributed by atoms with E-state index in [2.05, 4.69) is 10.2 Å². The van der Waals surface area contributed by atoms with E-state index in [4.69, 9.17) is 0 Å². The maximum absolute atomic E-state index is 12.0. The van der Waals surface area contributed by atoms with Crippen molar-refractivity contribution in [3.8, 4) is 0 Å². The molecule has 1 aliphatic heterocycles. The van der Waals surface area contributed by atoms with Crippen molar-refractivity contribution in [3.63, 3.8) is 0 Å². The maximum Gasteiger partial charge on any atom is 0.311 e. The zero-order valence-electron chi connectivity index (χ0n) is 12.4. The molecule has 114 valence electrons. The Balaban J connectivity index is 1.83. The fourth-order valence-corrected chi connectivity index (χ4v) is 3.35. The summed E-state index contributed by atoms with van der Waals surface area (Å²) in [5.41, 5.74) is -0.804. The number of hydrogen-bond acceptors (Lipinski definition) is 3. The second kappa shape index (κ2) is 6.57. The summed E-state index contributed by atoms with van der Waals surface area (Å²) in [4.78, 5) is 25.8. The second-order valence-corrected chi connectivity index (χ2v) is 6.39. The molecule has 1 saturated carbocycles. The third-order valence-electron chi connectivity index (χ3n) is 4.89. The highest BCUT2D eigenvalue weighted by atomic mass is 16.4. The number of amides is 1. The van der Waals surface area contributed by atoms with Gasteiger partial charge in [-0.05, 0) is 45.7 Å². The Morgan fingerprint density at radius 1 is 1.25 bits per heavy atom. The molecule has 1 heterocycles. The molecule has 2 N–H and O–H groups in total.